The van der Waals surface area contributed by atoms with Crippen molar-refractivity contribution in [3.63, 3.8) is 0 Å². The van der Waals surface area contributed by atoms with Crippen LogP contribution >= 0.6 is 0 Å². The summed E-state index contributed by atoms with van der Waals surface area (Å²) in [5, 5.41) is 11.2. The van der Waals surface area contributed by atoms with Crippen LogP contribution in [0.1, 0.15) is 34.5 Å². The summed E-state index contributed by atoms with van der Waals surface area (Å²) in [5.74, 6) is 0.385. The van der Waals surface area contributed by atoms with E-state index in [-0.39, 0.29) is 5.91 Å². The minimum absolute atomic E-state index is 0.0849. The third kappa shape index (κ3) is 5.06. The van der Waals surface area contributed by atoms with Crippen LogP contribution in [0.25, 0.3) is 11.4 Å². The van der Waals surface area contributed by atoms with Crippen molar-refractivity contribution in [3.05, 3.63) is 65.5 Å². The molecule has 3 aromatic rings. The summed E-state index contributed by atoms with van der Waals surface area (Å²) < 4.78 is 7.03. The van der Waals surface area contributed by atoms with Crippen molar-refractivity contribution in [3.8, 4) is 11.4 Å². The average Bonchev–Trinajstić information content (AvgIpc) is 3.20. The smallest absolute Gasteiger partial charge is 0.251 e. The molecule has 1 N–H and O–H groups in total. The van der Waals surface area contributed by atoms with Gasteiger partial charge in [0, 0.05) is 44.5 Å². The van der Waals surface area contributed by atoms with Crippen LogP contribution in [0.15, 0.2) is 48.7 Å². The lowest BCUT2D eigenvalue weighted by molar-refractivity contribution is 0.0642. The van der Waals surface area contributed by atoms with Crippen molar-refractivity contribution in [1.82, 2.24) is 25.3 Å². The van der Waals surface area contributed by atoms with E-state index in [2.05, 4.69) is 27.8 Å². The van der Waals surface area contributed by atoms with Gasteiger partial charge in [0.15, 0.2) is 0 Å². The predicted molar refractivity (Wildman–Crippen MR) is 109 cm³/mol. The Balaban J connectivity index is 1.57. The third-order valence-electron chi connectivity index (χ3n) is 5.13. The molecule has 0 aliphatic carbocycles. The van der Waals surface area contributed by atoms with Gasteiger partial charge >= 0.3 is 0 Å². The fraction of sp³-hybridized carbons (Fsp3) is 0.364. The van der Waals surface area contributed by atoms with Crippen LogP contribution in [0.4, 0.5) is 0 Å². The van der Waals surface area contributed by atoms with Gasteiger partial charge in [-0.1, -0.05) is 35.5 Å². The van der Waals surface area contributed by atoms with Crippen LogP contribution in [0, 0.1) is 5.92 Å². The van der Waals surface area contributed by atoms with Gasteiger partial charge in [0.25, 0.3) is 5.91 Å². The molecule has 150 valence electrons. The quantitative estimate of drug-likeness (QED) is 0.699. The Morgan fingerprint density at radius 2 is 1.97 bits per heavy atom. The van der Waals surface area contributed by atoms with Crippen LogP contribution in [-0.2, 0) is 18.2 Å². The zero-order valence-corrected chi connectivity index (χ0v) is 16.5. The SMILES string of the molecule is Cn1cc(-c2cc(C(=O)NCC3CCOCC3)cc(Cc3ccccc3)n2)nn1. The van der Waals surface area contributed by atoms with E-state index in [9.17, 15) is 4.79 Å². The average molecular weight is 391 g/mol. The highest BCUT2D eigenvalue weighted by molar-refractivity contribution is 5.95. The van der Waals surface area contributed by atoms with Crippen molar-refractivity contribution in [2.75, 3.05) is 19.8 Å². The first kappa shape index (κ1) is 19.3. The van der Waals surface area contributed by atoms with Gasteiger partial charge in [-0.25, -0.2) is 0 Å². The molecule has 0 bridgehead atoms. The first-order valence-corrected chi connectivity index (χ1v) is 9.95. The Kier molecular flexibility index (Phi) is 5.95. The Morgan fingerprint density at radius 1 is 1.17 bits per heavy atom. The van der Waals surface area contributed by atoms with Crippen LogP contribution < -0.4 is 5.32 Å². The maximum atomic E-state index is 12.9. The van der Waals surface area contributed by atoms with E-state index in [0.29, 0.717) is 35.8 Å². The lowest BCUT2D eigenvalue weighted by Gasteiger charge is -2.22. The van der Waals surface area contributed by atoms with Crippen molar-refractivity contribution in [2.45, 2.75) is 19.3 Å². The second kappa shape index (κ2) is 8.96. The molecule has 3 heterocycles. The molecule has 29 heavy (non-hydrogen) atoms. The van der Waals surface area contributed by atoms with Gasteiger partial charge in [0.2, 0.25) is 0 Å². The number of carbonyl (C=O) groups is 1. The molecular formula is C22H25N5O2. The number of rotatable bonds is 6. The number of carbonyl (C=O) groups excluding carboxylic acids is 1. The molecule has 1 aromatic carbocycles. The minimum atomic E-state index is -0.0849. The molecule has 0 saturated carbocycles. The number of amides is 1. The molecule has 7 heteroatoms. The molecule has 1 fully saturated rings. The molecule has 1 aliphatic rings. The number of nitrogens with zero attached hydrogens (tertiary/aromatic N) is 4. The number of pyridine rings is 1. The van der Waals surface area contributed by atoms with Gasteiger partial charge in [-0.2, -0.15) is 0 Å². The van der Waals surface area contributed by atoms with Crippen LogP contribution in [0.3, 0.4) is 0 Å². The Morgan fingerprint density at radius 3 is 2.69 bits per heavy atom. The molecule has 1 amide bonds. The van der Waals surface area contributed by atoms with E-state index in [0.717, 1.165) is 37.3 Å². The highest BCUT2D eigenvalue weighted by atomic mass is 16.5. The number of nitrogens with one attached hydrogen (secondary N) is 1. The first-order valence-electron chi connectivity index (χ1n) is 9.95. The lowest BCUT2D eigenvalue weighted by Crippen LogP contribution is -2.32. The number of hydrogen-bond acceptors (Lipinski definition) is 5. The molecule has 0 atom stereocenters. The topological polar surface area (TPSA) is 81.9 Å². The zero-order chi connectivity index (χ0) is 20.1. The Bertz CT molecular complexity index is 964. The first-order chi connectivity index (χ1) is 14.2. The third-order valence-corrected chi connectivity index (χ3v) is 5.13. The molecule has 2 aromatic heterocycles. The number of benzene rings is 1. The lowest BCUT2D eigenvalue weighted by atomic mass is 10.00. The van der Waals surface area contributed by atoms with Crippen LogP contribution in [-0.4, -0.2) is 45.6 Å². The van der Waals surface area contributed by atoms with Crippen molar-refractivity contribution in [1.29, 1.82) is 0 Å². The summed E-state index contributed by atoms with van der Waals surface area (Å²) in [5.41, 5.74) is 3.88. The van der Waals surface area contributed by atoms with E-state index in [1.807, 2.05) is 31.3 Å². The summed E-state index contributed by atoms with van der Waals surface area (Å²) in [6.45, 7) is 2.21. The van der Waals surface area contributed by atoms with Crippen LogP contribution in [0.5, 0.6) is 0 Å². The van der Waals surface area contributed by atoms with Crippen molar-refractivity contribution >= 4 is 5.91 Å². The molecule has 1 saturated heterocycles. The molecular weight excluding hydrogens is 366 g/mol. The Hall–Kier alpha value is -3.06. The predicted octanol–water partition coefficient (Wildman–Crippen LogP) is 2.62. The molecule has 0 unspecified atom stereocenters. The fourth-order valence-electron chi connectivity index (χ4n) is 3.50. The monoisotopic (exact) mass is 391 g/mol. The number of hydrogen-bond donors (Lipinski definition) is 1. The summed E-state index contributed by atoms with van der Waals surface area (Å²) in [7, 11) is 1.81. The maximum Gasteiger partial charge on any atom is 0.251 e. The van der Waals surface area contributed by atoms with Gasteiger partial charge in [-0.05, 0) is 36.5 Å². The van der Waals surface area contributed by atoms with E-state index in [1.165, 1.54) is 0 Å². The van der Waals surface area contributed by atoms with E-state index < -0.39 is 0 Å². The standard InChI is InChI=1S/C22H25N5O2/c1-27-15-21(25-26-27)20-13-18(22(28)23-14-17-7-9-29-10-8-17)12-19(24-20)11-16-5-3-2-4-6-16/h2-6,12-13,15,17H,7-11,14H2,1H3,(H,23,28). The molecule has 4 rings (SSSR count). The summed E-state index contributed by atoms with van der Waals surface area (Å²) in [6.07, 6.45) is 4.43. The van der Waals surface area contributed by atoms with Gasteiger partial charge < -0.3 is 10.1 Å². The van der Waals surface area contributed by atoms with Crippen molar-refractivity contribution < 1.29 is 9.53 Å². The zero-order valence-electron chi connectivity index (χ0n) is 16.5. The number of aromatic nitrogens is 4. The van der Waals surface area contributed by atoms with E-state index >= 15 is 0 Å². The van der Waals surface area contributed by atoms with Gasteiger partial charge in [-0.15, -0.1) is 5.10 Å². The molecule has 7 nitrogen and oxygen atoms in total. The number of ether oxygens (including phenoxy) is 1. The Labute approximate surface area is 170 Å². The molecule has 0 spiro atoms. The summed E-state index contributed by atoms with van der Waals surface area (Å²) >= 11 is 0. The molecule has 1 aliphatic heterocycles. The summed E-state index contributed by atoms with van der Waals surface area (Å²) in [4.78, 5) is 17.6. The van der Waals surface area contributed by atoms with Gasteiger partial charge in [0.05, 0.1) is 11.9 Å². The maximum absolute atomic E-state index is 12.9. The van der Waals surface area contributed by atoms with E-state index in [1.54, 1.807) is 16.9 Å². The van der Waals surface area contributed by atoms with E-state index in [4.69, 9.17) is 9.72 Å². The minimum Gasteiger partial charge on any atom is -0.381 e. The number of aryl methyl sites for hydroxylation is 1. The van der Waals surface area contributed by atoms with Crippen molar-refractivity contribution in [2.24, 2.45) is 13.0 Å². The highest BCUT2D eigenvalue weighted by Crippen LogP contribution is 2.19. The normalized spacial score (nSPS) is 14.7. The highest BCUT2D eigenvalue weighted by Gasteiger charge is 2.17. The molecule has 0 radical (unpaired) electrons. The summed E-state index contributed by atoms with van der Waals surface area (Å²) in [6, 6.07) is 13.8. The van der Waals surface area contributed by atoms with Gasteiger partial charge in [0.1, 0.15) is 5.69 Å². The fourth-order valence-corrected chi connectivity index (χ4v) is 3.50. The second-order valence-electron chi connectivity index (χ2n) is 7.44. The van der Waals surface area contributed by atoms with Gasteiger partial charge in [-0.3, -0.25) is 14.5 Å². The largest absolute Gasteiger partial charge is 0.381 e. The van der Waals surface area contributed by atoms with Crippen LogP contribution in [0.2, 0.25) is 0 Å². The second-order valence-corrected chi connectivity index (χ2v) is 7.44.